The van der Waals surface area contributed by atoms with Crippen LogP contribution >= 0.6 is 0 Å². The van der Waals surface area contributed by atoms with E-state index in [9.17, 15) is 9.59 Å². The fraction of sp³-hybridized carbons (Fsp3) is 0.304. The van der Waals surface area contributed by atoms with E-state index in [1.807, 2.05) is 38.2 Å². The molecule has 2 aromatic rings. The van der Waals surface area contributed by atoms with Crippen molar-refractivity contribution >= 4 is 23.1 Å². The van der Waals surface area contributed by atoms with Gasteiger partial charge in [0, 0.05) is 24.9 Å². The van der Waals surface area contributed by atoms with E-state index in [0.29, 0.717) is 54.4 Å². The second kappa shape index (κ2) is 7.72. The lowest BCUT2D eigenvalue weighted by molar-refractivity contribution is -0.113. The molecule has 1 saturated heterocycles. The van der Waals surface area contributed by atoms with Crippen molar-refractivity contribution in [3.8, 4) is 5.75 Å². The summed E-state index contributed by atoms with van der Waals surface area (Å²) < 4.78 is 10.7. The maximum atomic E-state index is 13.5. The molecule has 2 aliphatic rings. The van der Waals surface area contributed by atoms with Crippen molar-refractivity contribution in [1.29, 1.82) is 0 Å². The van der Waals surface area contributed by atoms with Gasteiger partial charge in [0.25, 0.3) is 11.8 Å². The fourth-order valence-electron chi connectivity index (χ4n) is 3.80. The number of hydrogen-bond donors (Lipinski definition) is 0. The van der Waals surface area contributed by atoms with Crippen LogP contribution in [0, 0.1) is 13.8 Å². The number of fused-ring (bicyclic) bond motifs is 1. The summed E-state index contributed by atoms with van der Waals surface area (Å²) in [5, 5.41) is 0. The fourth-order valence-corrected chi connectivity index (χ4v) is 3.80. The number of ether oxygens (including phenoxy) is 2. The van der Waals surface area contributed by atoms with Crippen LogP contribution in [-0.2, 0) is 9.53 Å². The number of amides is 2. The Morgan fingerprint density at radius 3 is 2.41 bits per heavy atom. The Kier molecular flexibility index (Phi) is 5.11. The Bertz CT molecular complexity index is 1010. The number of nitrogens with zero attached hydrogens (tertiary/aromatic N) is 2. The van der Waals surface area contributed by atoms with Gasteiger partial charge in [-0.05, 0) is 43.7 Å². The van der Waals surface area contributed by atoms with Crippen LogP contribution in [0.2, 0.25) is 0 Å². The molecule has 0 aromatic heterocycles. The van der Waals surface area contributed by atoms with E-state index >= 15 is 0 Å². The molecule has 2 aliphatic heterocycles. The van der Waals surface area contributed by atoms with Crippen molar-refractivity contribution in [3.63, 3.8) is 0 Å². The number of imide groups is 1. The Morgan fingerprint density at radius 1 is 0.966 bits per heavy atom. The van der Waals surface area contributed by atoms with Crippen molar-refractivity contribution in [1.82, 2.24) is 4.90 Å². The highest BCUT2D eigenvalue weighted by atomic mass is 16.5. The summed E-state index contributed by atoms with van der Waals surface area (Å²) in [6, 6.07) is 11.0. The molecule has 0 radical (unpaired) electrons. The molecule has 6 nitrogen and oxygen atoms in total. The van der Waals surface area contributed by atoms with Crippen LogP contribution in [0.5, 0.6) is 5.75 Å². The second-order valence-corrected chi connectivity index (χ2v) is 7.34. The molecule has 1 fully saturated rings. The van der Waals surface area contributed by atoms with Gasteiger partial charge in [0.15, 0.2) is 0 Å². The van der Waals surface area contributed by atoms with Crippen LogP contribution in [0.3, 0.4) is 0 Å². The molecule has 2 amide bonds. The van der Waals surface area contributed by atoms with Crippen LogP contribution in [0.25, 0.3) is 5.57 Å². The summed E-state index contributed by atoms with van der Waals surface area (Å²) in [6.07, 6.45) is 1.86. The van der Waals surface area contributed by atoms with Gasteiger partial charge in [0.1, 0.15) is 5.75 Å². The third-order valence-electron chi connectivity index (χ3n) is 5.33. The largest absolute Gasteiger partial charge is 0.497 e. The quantitative estimate of drug-likeness (QED) is 0.593. The van der Waals surface area contributed by atoms with Crippen LogP contribution < -0.4 is 9.64 Å². The number of rotatable bonds is 3. The molecule has 6 heteroatoms. The minimum absolute atomic E-state index is 0.314. The van der Waals surface area contributed by atoms with E-state index in [2.05, 4.69) is 4.90 Å². The minimum atomic E-state index is -0.338. The molecule has 29 heavy (non-hydrogen) atoms. The molecule has 0 N–H and O–H groups in total. The number of morpholine rings is 1. The molecule has 0 unspecified atom stereocenters. The maximum absolute atomic E-state index is 13.5. The Balaban J connectivity index is 1.87. The smallest absolute Gasteiger partial charge is 0.267 e. The lowest BCUT2D eigenvalue weighted by Gasteiger charge is -2.32. The van der Waals surface area contributed by atoms with Crippen molar-refractivity contribution in [2.45, 2.75) is 13.8 Å². The standard InChI is InChI=1S/C23H24N2O4/c1-15-4-7-21(16(2)12-15)25-22(26)19-13-17(28-3)5-6-18(19)20(23(25)27)14-24-8-10-29-11-9-24/h4-7,12-14H,8-11H2,1-3H3/b20-14+. The number of anilines is 1. The predicted molar refractivity (Wildman–Crippen MR) is 111 cm³/mol. The van der Waals surface area contributed by atoms with Gasteiger partial charge in [-0.3, -0.25) is 9.59 Å². The van der Waals surface area contributed by atoms with Crippen molar-refractivity contribution in [2.24, 2.45) is 0 Å². The highest BCUT2D eigenvalue weighted by molar-refractivity contribution is 6.41. The molecule has 0 bridgehead atoms. The van der Waals surface area contributed by atoms with E-state index in [1.165, 1.54) is 4.90 Å². The molecule has 2 heterocycles. The molecule has 4 rings (SSSR count). The summed E-state index contributed by atoms with van der Waals surface area (Å²) in [4.78, 5) is 30.2. The molecule has 0 atom stereocenters. The minimum Gasteiger partial charge on any atom is -0.497 e. The number of hydrogen-bond acceptors (Lipinski definition) is 5. The van der Waals surface area contributed by atoms with Crippen LogP contribution in [0.4, 0.5) is 5.69 Å². The van der Waals surface area contributed by atoms with Gasteiger partial charge in [0.2, 0.25) is 0 Å². The molecule has 2 aromatic carbocycles. The lowest BCUT2D eigenvalue weighted by atomic mass is 9.92. The first-order chi connectivity index (χ1) is 14.0. The van der Waals surface area contributed by atoms with Crippen molar-refractivity contribution in [3.05, 3.63) is 64.9 Å². The average molecular weight is 392 g/mol. The predicted octanol–water partition coefficient (Wildman–Crippen LogP) is 3.17. The molecular weight excluding hydrogens is 368 g/mol. The SMILES string of the molecule is COc1ccc2c(c1)C(=O)N(c1ccc(C)cc1C)C(=O)/C2=C/N1CCOCC1. The summed E-state index contributed by atoms with van der Waals surface area (Å²) in [7, 11) is 1.56. The summed E-state index contributed by atoms with van der Waals surface area (Å²) >= 11 is 0. The topological polar surface area (TPSA) is 59.1 Å². The molecule has 0 spiro atoms. The zero-order chi connectivity index (χ0) is 20.5. The van der Waals surface area contributed by atoms with Gasteiger partial charge in [-0.1, -0.05) is 17.7 Å². The van der Waals surface area contributed by atoms with Gasteiger partial charge in [-0.15, -0.1) is 0 Å². The number of carbonyl (C=O) groups excluding carboxylic acids is 2. The first-order valence-electron chi connectivity index (χ1n) is 9.67. The summed E-state index contributed by atoms with van der Waals surface area (Å²) in [5.41, 5.74) is 4.16. The lowest BCUT2D eigenvalue weighted by Crippen LogP contribution is -2.43. The molecular formula is C23H24N2O4. The Labute approximate surface area is 170 Å². The van der Waals surface area contributed by atoms with Gasteiger partial charge in [-0.2, -0.15) is 0 Å². The van der Waals surface area contributed by atoms with Crippen LogP contribution in [0.1, 0.15) is 27.0 Å². The highest BCUT2D eigenvalue weighted by Gasteiger charge is 2.37. The van der Waals surface area contributed by atoms with E-state index in [-0.39, 0.29) is 11.8 Å². The van der Waals surface area contributed by atoms with E-state index in [4.69, 9.17) is 9.47 Å². The monoisotopic (exact) mass is 392 g/mol. The van der Waals surface area contributed by atoms with Gasteiger partial charge < -0.3 is 14.4 Å². The van der Waals surface area contributed by atoms with Crippen LogP contribution in [-0.4, -0.2) is 50.1 Å². The average Bonchev–Trinajstić information content (AvgIpc) is 2.73. The summed E-state index contributed by atoms with van der Waals surface area (Å²) in [5.74, 6) is -0.0705. The zero-order valence-corrected chi connectivity index (χ0v) is 16.9. The Morgan fingerprint density at radius 2 is 1.72 bits per heavy atom. The van der Waals surface area contributed by atoms with Gasteiger partial charge in [0.05, 0.1) is 37.1 Å². The van der Waals surface area contributed by atoms with Crippen molar-refractivity contribution in [2.75, 3.05) is 38.3 Å². The molecule has 150 valence electrons. The Hall–Kier alpha value is -3.12. The van der Waals surface area contributed by atoms with E-state index in [1.54, 1.807) is 25.3 Å². The molecule has 0 saturated carbocycles. The number of aryl methyl sites for hydroxylation is 2. The normalized spacial score (nSPS) is 18.2. The third-order valence-corrected chi connectivity index (χ3v) is 5.33. The second-order valence-electron chi connectivity index (χ2n) is 7.34. The van der Waals surface area contributed by atoms with Gasteiger partial charge >= 0.3 is 0 Å². The van der Waals surface area contributed by atoms with E-state index < -0.39 is 0 Å². The molecule has 0 aliphatic carbocycles. The highest BCUT2D eigenvalue weighted by Crippen LogP contribution is 2.35. The third kappa shape index (κ3) is 3.51. The first kappa shape index (κ1) is 19.2. The van der Waals surface area contributed by atoms with E-state index in [0.717, 1.165) is 11.1 Å². The first-order valence-corrected chi connectivity index (χ1v) is 9.67. The maximum Gasteiger partial charge on any atom is 0.267 e. The summed E-state index contributed by atoms with van der Waals surface area (Å²) in [6.45, 7) is 6.55. The van der Waals surface area contributed by atoms with Gasteiger partial charge in [-0.25, -0.2) is 4.90 Å². The number of methoxy groups -OCH3 is 1. The zero-order valence-electron chi connectivity index (χ0n) is 16.9. The number of benzene rings is 2. The van der Waals surface area contributed by atoms with Crippen molar-refractivity contribution < 1.29 is 19.1 Å². The number of carbonyl (C=O) groups is 2. The van der Waals surface area contributed by atoms with Crippen LogP contribution in [0.15, 0.2) is 42.6 Å².